The fraction of sp³-hybridized carbons (Fsp3) is 0.167. The number of aryl methyl sites for hydroxylation is 1. The van der Waals surface area contributed by atoms with Crippen molar-refractivity contribution in [2.75, 3.05) is 0 Å². The van der Waals surface area contributed by atoms with Crippen molar-refractivity contribution in [3.63, 3.8) is 0 Å². The standard InChI is InChI=1S/C18H13F3N4O2/c1-3-12-7-6-9-15(25-17(26)24(2)22-23-25)13(12)11-27-16-10-5-4-8-14(16)18(19,20)21/h1,4-10H,11H2,2H3. The van der Waals surface area contributed by atoms with Crippen LogP contribution < -0.4 is 10.4 Å². The monoisotopic (exact) mass is 374 g/mol. The van der Waals surface area contributed by atoms with Crippen molar-refractivity contribution >= 4 is 0 Å². The van der Waals surface area contributed by atoms with E-state index in [-0.39, 0.29) is 18.0 Å². The molecule has 1 heterocycles. The van der Waals surface area contributed by atoms with E-state index in [0.717, 1.165) is 15.4 Å². The largest absolute Gasteiger partial charge is 0.488 e. The van der Waals surface area contributed by atoms with Crippen LogP contribution in [-0.4, -0.2) is 19.8 Å². The normalized spacial score (nSPS) is 11.2. The minimum Gasteiger partial charge on any atom is -0.488 e. The third kappa shape index (κ3) is 3.55. The molecule has 0 spiro atoms. The Morgan fingerprint density at radius 1 is 1.15 bits per heavy atom. The summed E-state index contributed by atoms with van der Waals surface area (Å²) in [5, 5.41) is 7.38. The van der Waals surface area contributed by atoms with Gasteiger partial charge in [-0.25, -0.2) is 4.79 Å². The molecule has 0 N–H and O–H groups in total. The summed E-state index contributed by atoms with van der Waals surface area (Å²) in [7, 11) is 1.42. The molecule has 0 bridgehead atoms. The van der Waals surface area contributed by atoms with Gasteiger partial charge in [0.25, 0.3) is 0 Å². The van der Waals surface area contributed by atoms with E-state index in [2.05, 4.69) is 16.3 Å². The summed E-state index contributed by atoms with van der Waals surface area (Å²) in [6.07, 6.45) is 0.932. The molecule has 3 aromatic rings. The Morgan fingerprint density at radius 2 is 1.89 bits per heavy atom. The van der Waals surface area contributed by atoms with Gasteiger partial charge in [-0.1, -0.05) is 24.1 Å². The number of benzene rings is 2. The Kier molecular flexibility index (Phi) is 4.73. The van der Waals surface area contributed by atoms with Crippen molar-refractivity contribution in [2.45, 2.75) is 12.8 Å². The smallest absolute Gasteiger partial charge is 0.419 e. The van der Waals surface area contributed by atoms with E-state index in [0.29, 0.717) is 11.1 Å². The van der Waals surface area contributed by atoms with E-state index in [1.165, 1.54) is 25.2 Å². The highest BCUT2D eigenvalue weighted by Crippen LogP contribution is 2.36. The summed E-state index contributed by atoms with van der Waals surface area (Å²) in [6.45, 7) is -0.286. The van der Waals surface area contributed by atoms with E-state index in [4.69, 9.17) is 11.2 Å². The number of hydrogen-bond donors (Lipinski definition) is 0. The topological polar surface area (TPSA) is 61.9 Å². The molecule has 0 aliphatic carbocycles. The van der Waals surface area contributed by atoms with E-state index < -0.39 is 17.4 Å². The van der Waals surface area contributed by atoms with Crippen LogP contribution in [0, 0.1) is 12.3 Å². The van der Waals surface area contributed by atoms with Crippen LogP contribution in [0.25, 0.3) is 5.69 Å². The van der Waals surface area contributed by atoms with Gasteiger partial charge < -0.3 is 4.74 Å². The molecule has 1 aromatic heterocycles. The number of alkyl halides is 3. The maximum Gasteiger partial charge on any atom is 0.419 e. The first-order valence-corrected chi connectivity index (χ1v) is 7.70. The zero-order chi connectivity index (χ0) is 19.6. The van der Waals surface area contributed by atoms with Gasteiger partial charge in [0, 0.05) is 18.2 Å². The number of nitrogens with zero attached hydrogens (tertiary/aromatic N) is 4. The van der Waals surface area contributed by atoms with E-state index >= 15 is 0 Å². The molecular formula is C18H13F3N4O2. The third-order valence-electron chi connectivity index (χ3n) is 3.82. The molecule has 6 nitrogen and oxygen atoms in total. The van der Waals surface area contributed by atoms with Gasteiger partial charge in [-0.05, 0) is 34.7 Å². The van der Waals surface area contributed by atoms with Crippen molar-refractivity contribution in [1.29, 1.82) is 0 Å². The predicted octanol–water partition coefficient (Wildman–Crippen LogP) is 2.55. The number of halogens is 3. The maximum absolute atomic E-state index is 13.1. The molecule has 27 heavy (non-hydrogen) atoms. The van der Waals surface area contributed by atoms with Gasteiger partial charge in [-0.3, -0.25) is 0 Å². The third-order valence-corrected chi connectivity index (χ3v) is 3.82. The first-order chi connectivity index (χ1) is 12.8. The highest BCUT2D eigenvalue weighted by molar-refractivity contribution is 5.51. The highest BCUT2D eigenvalue weighted by atomic mass is 19.4. The SMILES string of the molecule is C#Cc1cccc(-n2nnn(C)c2=O)c1COc1ccccc1C(F)(F)F. The van der Waals surface area contributed by atoms with Gasteiger partial charge in [-0.15, -0.1) is 6.42 Å². The number of rotatable bonds is 4. The second-order valence-corrected chi connectivity index (χ2v) is 5.53. The molecule has 138 valence electrons. The molecule has 0 aliphatic rings. The van der Waals surface area contributed by atoms with Crippen molar-refractivity contribution in [3.8, 4) is 23.8 Å². The van der Waals surface area contributed by atoms with Crippen LogP contribution in [0.15, 0.2) is 47.3 Å². The number of para-hydroxylation sites is 1. The zero-order valence-electron chi connectivity index (χ0n) is 14.1. The maximum atomic E-state index is 13.1. The molecule has 3 rings (SSSR count). The summed E-state index contributed by atoms with van der Waals surface area (Å²) in [4.78, 5) is 12.1. The quantitative estimate of drug-likeness (QED) is 0.659. The van der Waals surface area contributed by atoms with Crippen molar-refractivity contribution in [3.05, 3.63) is 69.6 Å². The van der Waals surface area contributed by atoms with Crippen molar-refractivity contribution in [2.24, 2.45) is 7.05 Å². The molecule has 0 radical (unpaired) electrons. The molecule has 0 atom stereocenters. The summed E-state index contributed by atoms with van der Waals surface area (Å²) >= 11 is 0. The van der Waals surface area contributed by atoms with E-state index in [1.807, 2.05) is 0 Å². The minimum atomic E-state index is -4.56. The Hall–Kier alpha value is -3.54. The molecular weight excluding hydrogens is 361 g/mol. The lowest BCUT2D eigenvalue weighted by Crippen LogP contribution is -2.23. The second-order valence-electron chi connectivity index (χ2n) is 5.53. The van der Waals surface area contributed by atoms with Crippen LogP contribution >= 0.6 is 0 Å². The molecule has 0 amide bonds. The Bertz CT molecular complexity index is 1080. The van der Waals surface area contributed by atoms with Crippen LogP contribution in [0.5, 0.6) is 5.75 Å². The number of hydrogen-bond acceptors (Lipinski definition) is 4. The van der Waals surface area contributed by atoms with Gasteiger partial charge in [0.05, 0.1) is 11.3 Å². The van der Waals surface area contributed by atoms with Gasteiger partial charge in [0.15, 0.2) is 0 Å². The first-order valence-electron chi connectivity index (χ1n) is 7.70. The number of aromatic nitrogens is 4. The molecule has 0 saturated carbocycles. The van der Waals surface area contributed by atoms with Crippen LogP contribution in [0.1, 0.15) is 16.7 Å². The second kappa shape index (κ2) is 6.99. The first kappa shape index (κ1) is 18.3. The van der Waals surface area contributed by atoms with Gasteiger partial charge in [0.1, 0.15) is 12.4 Å². The average molecular weight is 374 g/mol. The lowest BCUT2D eigenvalue weighted by atomic mass is 10.1. The minimum absolute atomic E-state index is 0.285. The van der Waals surface area contributed by atoms with Gasteiger partial charge in [-0.2, -0.15) is 22.5 Å². The Labute approximate surface area is 151 Å². The van der Waals surface area contributed by atoms with E-state index in [9.17, 15) is 18.0 Å². The van der Waals surface area contributed by atoms with Crippen LogP contribution in [0.3, 0.4) is 0 Å². The number of tetrazole rings is 1. The molecule has 0 saturated heterocycles. The van der Waals surface area contributed by atoms with Gasteiger partial charge >= 0.3 is 11.9 Å². The summed E-state index contributed by atoms with van der Waals surface area (Å²) in [6, 6.07) is 9.62. The van der Waals surface area contributed by atoms with E-state index in [1.54, 1.807) is 18.2 Å². The lowest BCUT2D eigenvalue weighted by molar-refractivity contribution is -0.139. The lowest BCUT2D eigenvalue weighted by Gasteiger charge is -2.16. The van der Waals surface area contributed by atoms with Crippen molar-refractivity contribution in [1.82, 2.24) is 19.8 Å². The summed E-state index contributed by atoms with van der Waals surface area (Å²) in [5.41, 5.74) is -0.426. The fourth-order valence-corrected chi connectivity index (χ4v) is 2.50. The van der Waals surface area contributed by atoms with Crippen LogP contribution in [0.4, 0.5) is 13.2 Å². The molecule has 0 fully saturated rings. The Morgan fingerprint density at radius 3 is 2.52 bits per heavy atom. The van der Waals surface area contributed by atoms with Crippen molar-refractivity contribution < 1.29 is 17.9 Å². The molecule has 2 aromatic carbocycles. The molecule has 0 unspecified atom stereocenters. The summed E-state index contributed by atoms with van der Waals surface area (Å²) < 4.78 is 46.9. The highest BCUT2D eigenvalue weighted by Gasteiger charge is 2.34. The van der Waals surface area contributed by atoms with Gasteiger partial charge in [0.2, 0.25) is 0 Å². The number of terminal acetylenes is 1. The molecule has 9 heteroatoms. The number of ether oxygens (including phenoxy) is 1. The fourth-order valence-electron chi connectivity index (χ4n) is 2.50. The van der Waals surface area contributed by atoms with Crippen LogP contribution in [-0.2, 0) is 19.8 Å². The average Bonchev–Trinajstić information content (AvgIpc) is 2.98. The Balaban J connectivity index is 2.03. The molecule has 0 aliphatic heterocycles. The zero-order valence-corrected chi connectivity index (χ0v) is 14.1. The van der Waals surface area contributed by atoms with Crippen LogP contribution in [0.2, 0.25) is 0 Å². The predicted molar refractivity (Wildman–Crippen MR) is 90.3 cm³/mol. The summed E-state index contributed by atoms with van der Waals surface area (Å²) in [5.74, 6) is 2.10.